The number of rotatable bonds is 3. The normalized spacial score (nSPS) is 26.3. The molecular formula is C13H22N4O. The Labute approximate surface area is 108 Å². The fraction of sp³-hybridized carbons (Fsp3) is 0.846. The van der Waals surface area contributed by atoms with E-state index in [0.29, 0.717) is 5.92 Å². The maximum atomic E-state index is 5.43. The van der Waals surface area contributed by atoms with E-state index >= 15 is 0 Å². The summed E-state index contributed by atoms with van der Waals surface area (Å²) in [6.45, 7) is 4.35. The monoisotopic (exact) mass is 250 g/mol. The van der Waals surface area contributed by atoms with Crippen molar-refractivity contribution in [2.75, 3.05) is 26.2 Å². The summed E-state index contributed by atoms with van der Waals surface area (Å²) in [5, 5.41) is 10.9. The van der Waals surface area contributed by atoms with Gasteiger partial charge < -0.3 is 15.2 Å². The van der Waals surface area contributed by atoms with E-state index in [-0.39, 0.29) is 0 Å². The van der Waals surface area contributed by atoms with Gasteiger partial charge in [-0.2, -0.15) is 4.98 Å². The zero-order chi connectivity index (χ0) is 12.2. The van der Waals surface area contributed by atoms with Crippen LogP contribution in [0.2, 0.25) is 0 Å². The SMILES string of the molecule is C1CNCC(c2nc(CC3CCNCC3)no2)C1. The van der Waals surface area contributed by atoms with Crippen LogP contribution in [0.4, 0.5) is 0 Å². The van der Waals surface area contributed by atoms with Gasteiger partial charge in [-0.3, -0.25) is 0 Å². The van der Waals surface area contributed by atoms with E-state index in [0.717, 1.165) is 50.2 Å². The highest BCUT2D eigenvalue weighted by atomic mass is 16.5. The first kappa shape index (κ1) is 12.1. The van der Waals surface area contributed by atoms with Crippen LogP contribution in [-0.2, 0) is 6.42 Å². The first-order valence-electron chi connectivity index (χ1n) is 7.16. The molecule has 2 aliphatic rings. The number of nitrogens with one attached hydrogen (secondary N) is 2. The van der Waals surface area contributed by atoms with Gasteiger partial charge in [-0.1, -0.05) is 5.16 Å². The Hall–Kier alpha value is -0.940. The molecule has 0 amide bonds. The Bertz CT molecular complexity index is 367. The van der Waals surface area contributed by atoms with Crippen molar-refractivity contribution < 1.29 is 4.52 Å². The van der Waals surface area contributed by atoms with Crippen LogP contribution in [0.5, 0.6) is 0 Å². The van der Waals surface area contributed by atoms with Gasteiger partial charge in [-0.15, -0.1) is 0 Å². The molecule has 2 aliphatic heterocycles. The molecule has 3 rings (SSSR count). The highest BCUT2D eigenvalue weighted by Gasteiger charge is 2.22. The van der Waals surface area contributed by atoms with Gasteiger partial charge in [0.2, 0.25) is 5.89 Å². The van der Waals surface area contributed by atoms with Crippen molar-refractivity contribution in [3.8, 4) is 0 Å². The lowest BCUT2D eigenvalue weighted by Gasteiger charge is -2.21. The van der Waals surface area contributed by atoms with Crippen molar-refractivity contribution in [3.63, 3.8) is 0 Å². The van der Waals surface area contributed by atoms with Crippen molar-refractivity contribution in [3.05, 3.63) is 11.7 Å². The van der Waals surface area contributed by atoms with E-state index in [1.807, 2.05) is 0 Å². The van der Waals surface area contributed by atoms with Crippen molar-refractivity contribution in [1.82, 2.24) is 20.8 Å². The topological polar surface area (TPSA) is 63.0 Å². The van der Waals surface area contributed by atoms with Crippen LogP contribution in [0.3, 0.4) is 0 Å². The lowest BCUT2D eigenvalue weighted by atomic mass is 9.94. The van der Waals surface area contributed by atoms with E-state index in [4.69, 9.17) is 4.52 Å². The average molecular weight is 250 g/mol. The second-order valence-electron chi connectivity index (χ2n) is 5.49. The molecule has 1 aromatic rings. The average Bonchev–Trinajstić information content (AvgIpc) is 2.89. The van der Waals surface area contributed by atoms with Gasteiger partial charge in [0.15, 0.2) is 5.82 Å². The van der Waals surface area contributed by atoms with E-state index in [1.54, 1.807) is 0 Å². The van der Waals surface area contributed by atoms with Crippen LogP contribution >= 0.6 is 0 Å². The minimum Gasteiger partial charge on any atom is -0.339 e. The minimum absolute atomic E-state index is 0.424. The van der Waals surface area contributed by atoms with Crippen molar-refractivity contribution in [2.24, 2.45) is 5.92 Å². The highest BCUT2D eigenvalue weighted by molar-refractivity contribution is 4.97. The molecule has 0 aromatic carbocycles. The van der Waals surface area contributed by atoms with Gasteiger partial charge in [0, 0.05) is 13.0 Å². The molecule has 0 radical (unpaired) electrons. The molecule has 2 saturated heterocycles. The minimum atomic E-state index is 0.424. The van der Waals surface area contributed by atoms with E-state index < -0.39 is 0 Å². The van der Waals surface area contributed by atoms with E-state index in [9.17, 15) is 0 Å². The van der Waals surface area contributed by atoms with Gasteiger partial charge in [0.05, 0.1) is 5.92 Å². The van der Waals surface area contributed by atoms with Crippen molar-refractivity contribution >= 4 is 0 Å². The van der Waals surface area contributed by atoms with Gasteiger partial charge in [0.1, 0.15) is 0 Å². The third-order valence-corrected chi connectivity index (χ3v) is 4.06. The zero-order valence-electron chi connectivity index (χ0n) is 10.8. The van der Waals surface area contributed by atoms with E-state index in [2.05, 4.69) is 20.8 Å². The van der Waals surface area contributed by atoms with Crippen LogP contribution in [0.25, 0.3) is 0 Å². The zero-order valence-corrected chi connectivity index (χ0v) is 10.8. The summed E-state index contributed by atoms with van der Waals surface area (Å²) >= 11 is 0. The molecule has 2 fully saturated rings. The molecule has 5 nitrogen and oxygen atoms in total. The fourth-order valence-electron chi connectivity index (χ4n) is 2.92. The summed E-state index contributed by atoms with van der Waals surface area (Å²) in [5.74, 6) is 2.89. The summed E-state index contributed by atoms with van der Waals surface area (Å²) in [7, 11) is 0. The maximum Gasteiger partial charge on any atom is 0.231 e. The Morgan fingerprint density at radius 1 is 1.11 bits per heavy atom. The van der Waals surface area contributed by atoms with Crippen molar-refractivity contribution in [2.45, 2.75) is 38.0 Å². The molecular weight excluding hydrogens is 228 g/mol. The van der Waals surface area contributed by atoms with Crippen LogP contribution in [0.15, 0.2) is 4.52 Å². The highest BCUT2D eigenvalue weighted by Crippen LogP contribution is 2.23. The summed E-state index contributed by atoms with van der Waals surface area (Å²) in [6.07, 6.45) is 5.81. The largest absolute Gasteiger partial charge is 0.339 e. The van der Waals surface area contributed by atoms with Gasteiger partial charge in [-0.05, 0) is 51.2 Å². The van der Waals surface area contributed by atoms with Gasteiger partial charge in [-0.25, -0.2) is 0 Å². The fourth-order valence-corrected chi connectivity index (χ4v) is 2.92. The first-order chi connectivity index (χ1) is 8.92. The molecule has 5 heteroatoms. The predicted molar refractivity (Wildman–Crippen MR) is 68.4 cm³/mol. The molecule has 100 valence electrons. The van der Waals surface area contributed by atoms with Gasteiger partial charge >= 0.3 is 0 Å². The molecule has 0 aliphatic carbocycles. The maximum absolute atomic E-state index is 5.43. The van der Waals surface area contributed by atoms with Crippen LogP contribution in [-0.4, -0.2) is 36.3 Å². The van der Waals surface area contributed by atoms with Gasteiger partial charge in [0.25, 0.3) is 0 Å². The quantitative estimate of drug-likeness (QED) is 0.840. The lowest BCUT2D eigenvalue weighted by Crippen LogP contribution is -2.29. The lowest BCUT2D eigenvalue weighted by molar-refractivity contribution is 0.315. The number of nitrogens with zero attached hydrogens (tertiary/aromatic N) is 2. The molecule has 1 unspecified atom stereocenters. The van der Waals surface area contributed by atoms with Crippen LogP contribution in [0, 0.1) is 5.92 Å². The second-order valence-corrected chi connectivity index (χ2v) is 5.49. The summed E-state index contributed by atoms with van der Waals surface area (Å²) in [5.41, 5.74) is 0. The molecule has 3 heterocycles. The molecule has 1 atom stereocenters. The molecule has 2 N–H and O–H groups in total. The number of aromatic nitrogens is 2. The molecule has 18 heavy (non-hydrogen) atoms. The summed E-state index contributed by atoms with van der Waals surface area (Å²) < 4.78 is 5.43. The number of hydrogen-bond donors (Lipinski definition) is 2. The Morgan fingerprint density at radius 2 is 2.00 bits per heavy atom. The Morgan fingerprint density at radius 3 is 2.78 bits per heavy atom. The second kappa shape index (κ2) is 5.80. The third kappa shape index (κ3) is 2.90. The van der Waals surface area contributed by atoms with Crippen LogP contribution in [0.1, 0.15) is 43.3 Å². The van der Waals surface area contributed by atoms with Crippen LogP contribution < -0.4 is 10.6 Å². The molecule has 0 saturated carbocycles. The Kier molecular flexibility index (Phi) is 3.90. The van der Waals surface area contributed by atoms with Crippen molar-refractivity contribution in [1.29, 1.82) is 0 Å². The number of hydrogen-bond acceptors (Lipinski definition) is 5. The summed E-state index contributed by atoms with van der Waals surface area (Å²) in [4.78, 5) is 4.59. The third-order valence-electron chi connectivity index (χ3n) is 4.06. The Balaban J connectivity index is 1.58. The summed E-state index contributed by atoms with van der Waals surface area (Å²) in [6, 6.07) is 0. The molecule has 0 spiro atoms. The van der Waals surface area contributed by atoms with E-state index in [1.165, 1.54) is 25.7 Å². The predicted octanol–water partition coefficient (Wildman–Crippen LogP) is 1.08. The first-order valence-corrected chi connectivity index (χ1v) is 7.16. The molecule has 1 aromatic heterocycles. The smallest absolute Gasteiger partial charge is 0.231 e. The standard InChI is InChI=1S/C13H22N4O/c1-2-11(9-15-5-1)13-16-12(17-18-13)8-10-3-6-14-7-4-10/h10-11,14-15H,1-9H2. The number of piperidine rings is 2. The molecule has 0 bridgehead atoms.